The summed E-state index contributed by atoms with van der Waals surface area (Å²) in [5, 5.41) is 0. The second-order valence-electron chi connectivity index (χ2n) is 3.71. The van der Waals surface area contributed by atoms with Gasteiger partial charge in [0.15, 0.2) is 0 Å². The van der Waals surface area contributed by atoms with Gasteiger partial charge in [0.05, 0.1) is 18.4 Å². The number of anilines is 1. The maximum atomic E-state index is 11.8. The monoisotopic (exact) mass is 253 g/mol. The minimum Gasteiger partial charge on any atom is -0.497 e. The van der Waals surface area contributed by atoms with E-state index in [0.717, 1.165) is 0 Å². The number of methoxy groups -OCH3 is 1. The number of amides is 1. The predicted octanol–water partition coefficient (Wildman–Crippen LogP) is 1.85. The average Bonchev–Trinajstić information content (AvgIpc) is 2.59. The van der Waals surface area contributed by atoms with Crippen LogP contribution in [0, 0.1) is 0 Å². The molecular weight excluding hydrogens is 242 g/mol. The summed E-state index contributed by atoms with van der Waals surface area (Å²) >= 11 is 5.60. The van der Waals surface area contributed by atoms with E-state index in [-0.39, 0.29) is 0 Å². The normalized spacial score (nSPS) is 14.1. The van der Waals surface area contributed by atoms with Gasteiger partial charge in [-0.3, -0.25) is 9.59 Å². The van der Waals surface area contributed by atoms with E-state index in [9.17, 15) is 9.59 Å². The van der Waals surface area contributed by atoms with Gasteiger partial charge in [-0.05, 0) is 18.6 Å². The summed E-state index contributed by atoms with van der Waals surface area (Å²) in [4.78, 5) is 24.9. The highest BCUT2D eigenvalue weighted by Gasteiger charge is 2.35. The van der Waals surface area contributed by atoms with E-state index in [4.69, 9.17) is 16.3 Å². The summed E-state index contributed by atoms with van der Waals surface area (Å²) in [6, 6.07) is 5.00. The van der Waals surface area contributed by atoms with Crippen LogP contribution in [0.3, 0.4) is 0 Å². The van der Waals surface area contributed by atoms with Gasteiger partial charge in [0.25, 0.3) is 11.7 Å². The lowest BCUT2D eigenvalue weighted by Crippen LogP contribution is -2.30. The first-order valence-corrected chi connectivity index (χ1v) is 5.82. The lowest BCUT2D eigenvalue weighted by molar-refractivity contribution is -0.114. The molecule has 0 unspecified atom stereocenters. The number of carbonyl (C=O) groups is 2. The predicted molar refractivity (Wildman–Crippen MR) is 65.0 cm³/mol. The third kappa shape index (κ3) is 2.00. The molecule has 1 aliphatic heterocycles. The van der Waals surface area contributed by atoms with Gasteiger partial charge in [-0.1, -0.05) is 0 Å². The van der Waals surface area contributed by atoms with E-state index >= 15 is 0 Å². The lowest BCUT2D eigenvalue weighted by atomic mass is 10.1. The maximum Gasteiger partial charge on any atom is 0.299 e. The number of carbonyl (C=O) groups excluding carboxylic acids is 2. The molecule has 17 heavy (non-hydrogen) atoms. The van der Waals surface area contributed by atoms with Gasteiger partial charge in [0, 0.05) is 18.5 Å². The molecule has 0 atom stereocenters. The smallest absolute Gasteiger partial charge is 0.299 e. The molecule has 1 aromatic rings. The molecule has 5 heteroatoms. The fourth-order valence-electron chi connectivity index (χ4n) is 1.84. The summed E-state index contributed by atoms with van der Waals surface area (Å²) in [6.07, 6.45) is 0.650. The van der Waals surface area contributed by atoms with Crippen LogP contribution in [0.2, 0.25) is 0 Å². The van der Waals surface area contributed by atoms with E-state index in [1.54, 1.807) is 25.3 Å². The molecule has 0 fully saturated rings. The zero-order valence-electron chi connectivity index (χ0n) is 9.40. The summed E-state index contributed by atoms with van der Waals surface area (Å²) in [7, 11) is 1.55. The van der Waals surface area contributed by atoms with E-state index in [0.29, 0.717) is 35.8 Å². The van der Waals surface area contributed by atoms with Crippen molar-refractivity contribution in [2.75, 3.05) is 24.4 Å². The third-order valence-corrected chi connectivity index (χ3v) is 2.96. The zero-order valence-corrected chi connectivity index (χ0v) is 10.2. The van der Waals surface area contributed by atoms with Crippen LogP contribution in [0.1, 0.15) is 16.8 Å². The van der Waals surface area contributed by atoms with Crippen LogP contribution in [0.15, 0.2) is 18.2 Å². The Kier molecular flexibility index (Phi) is 3.33. The Morgan fingerprint density at radius 2 is 2.12 bits per heavy atom. The molecule has 0 aliphatic carbocycles. The highest BCUT2D eigenvalue weighted by Crippen LogP contribution is 2.32. The van der Waals surface area contributed by atoms with Gasteiger partial charge in [-0.25, -0.2) is 0 Å². The maximum absolute atomic E-state index is 11.8. The number of ether oxygens (including phenoxy) is 1. The van der Waals surface area contributed by atoms with Crippen LogP contribution >= 0.6 is 11.6 Å². The van der Waals surface area contributed by atoms with Gasteiger partial charge in [0.1, 0.15) is 5.75 Å². The van der Waals surface area contributed by atoms with Gasteiger partial charge < -0.3 is 9.64 Å². The molecule has 0 N–H and O–H groups in total. The van der Waals surface area contributed by atoms with Crippen LogP contribution in [0.4, 0.5) is 5.69 Å². The minimum absolute atomic E-state index is 0.436. The minimum atomic E-state index is -0.488. The fraction of sp³-hybridized carbons (Fsp3) is 0.333. The number of rotatable bonds is 4. The fourth-order valence-corrected chi connectivity index (χ4v) is 1.96. The third-order valence-electron chi connectivity index (χ3n) is 2.70. The van der Waals surface area contributed by atoms with E-state index < -0.39 is 11.7 Å². The molecule has 0 saturated heterocycles. The van der Waals surface area contributed by atoms with Crippen molar-refractivity contribution in [1.82, 2.24) is 0 Å². The summed E-state index contributed by atoms with van der Waals surface area (Å²) in [6.45, 7) is 0.453. The van der Waals surface area contributed by atoms with Crippen LogP contribution in [0.25, 0.3) is 0 Å². The quantitative estimate of drug-likeness (QED) is 0.608. The molecule has 1 amide bonds. The number of Topliss-reactive ketones (excluding diaryl/α,β-unsaturated/α-hetero) is 1. The molecule has 0 saturated carbocycles. The highest BCUT2D eigenvalue weighted by molar-refractivity contribution is 6.52. The van der Waals surface area contributed by atoms with Crippen LogP contribution in [0.5, 0.6) is 5.75 Å². The Hall–Kier alpha value is -1.55. The Morgan fingerprint density at radius 1 is 1.35 bits per heavy atom. The summed E-state index contributed by atoms with van der Waals surface area (Å²) < 4.78 is 5.09. The Labute approximate surface area is 104 Å². The molecule has 0 spiro atoms. The topological polar surface area (TPSA) is 46.6 Å². The number of fused-ring (bicyclic) bond motifs is 1. The first-order chi connectivity index (χ1) is 8.19. The van der Waals surface area contributed by atoms with Gasteiger partial charge in [-0.2, -0.15) is 0 Å². The molecule has 0 radical (unpaired) electrons. The zero-order chi connectivity index (χ0) is 12.4. The molecule has 90 valence electrons. The van der Waals surface area contributed by atoms with Crippen molar-refractivity contribution in [3.63, 3.8) is 0 Å². The van der Waals surface area contributed by atoms with Crippen LogP contribution in [-0.4, -0.2) is 31.2 Å². The van der Waals surface area contributed by atoms with Gasteiger partial charge in [-0.15, -0.1) is 11.6 Å². The molecular formula is C12H12ClNO3. The molecule has 1 heterocycles. The molecule has 2 rings (SSSR count). The standard InChI is InChI=1S/C12H12ClNO3/c1-17-8-3-4-9-10(7-8)14(6-2-5-13)12(16)11(9)15/h3-4,7H,2,5-6H2,1H3. The van der Waals surface area contributed by atoms with Crippen LogP contribution < -0.4 is 9.64 Å². The first kappa shape index (κ1) is 11.9. The number of hydrogen-bond acceptors (Lipinski definition) is 3. The second kappa shape index (κ2) is 4.75. The average molecular weight is 254 g/mol. The molecule has 0 aromatic heterocycles. The number of nitrogens with zero attached hydrogens (tertiary/aromatic N) is 1. The molecule has 4 nitrogen and oxygen atoms in total. The largest absolute Gasteiger partial charge is 0.497 e. The Balaban J connectivity index is 2.38. The van der Waals surface area contributed by atoms with Crippen molar-refractivity contribution in [1.29, 1.82) is 0 Å². The summed E-state index contributed by atoms with van der Waals surface area (Å²) in [5.74, 6) is 0.134. The van der Waals surface area contributed by atoms with Crippen molar-refractivity contribution >= 4 is 29.0 Å². The Morgan fingerprint density at radius 3 is 2.76 bits per heavy atom. The number of benzene rings is 1. The second-order valence-corrected chi connectivity index (χ2v) is 4.09. The van der Waals surface area contributed by atoms with Crippen molar-refractivity contribution in [2.24, 2.45) is 0 Å². The van der Waals surface area contributed by atoms with E-state index in [2.05, 4.69) is 0 Å². The van der Waals surface area contributed by atoms with Gasteiger partial charge in [0.2, 0.25) is 0 Å². The first-order valence-electron chi connectivity index (χ1n) is 5.29. The van der Waals surface area contributed by atoms with Crippen molar-refractivity contribution < 1.29 is 14.3 Å². The van der Waals surface area contributed by atoms with E-state index in [1.807, 2.05) is 0 Å². The number of halogens is 1. The summed E-state index contributed by atoms with van der Waals surface area (Å²) in [5.41, 5.74) is 1.05. The molecule has 0 bridgehead atoms. The van der Waals surface area contributed by atoms with Crippen molar-refractivity contribution in [3.05, 3.63) is 23.8 Å². The highest BCUT2D eigenvalue weighted by atomic mass is 35.5. The lowest BCUT2D eigenvalue weighted by Gasteiger charge is -2.16. The van der Waals surface area contributed by atoms with Crippen molar-refractivity contribution in [3.8, 4) is 5.75 Å². The number of ketones is 1. The number of hydrogen-bond donors (Lipinski definition) is 0. The van der Waals surface area contributed by atoms with Gasteiger partial charge >= 0.3 is 0 Å². The molecule has 1 aliphatic rings. The SMILES string of the molecule is COc1ccc2c(c1)N(CCCCl)C(=O)C2=O. The van der Waals surface area contributed by atoms with Crippen LogP contribution in [-0.2, 0) is 4.79 Å². The van der Waals surface area contributed by atoms with Crippen molar-refractivity contribution in [2.45, 2.75) is 6.42 Å². The van der Waals surface area contributed by atoms with E-state index in [1.165, 1.54) is 4.90 Å². The Bertz CT molecular complexity index is 473. The number of alkyl halides is 1. The molecule has 1 aromatic carbocycles.